The third-order valence-electron chi connectivity index (χ3n) is 3.30. The molecule has 1 rings (SSSR count). The minimum Gasteiger partial charge on any atom is -0.379 e. The molecule has 1 aromatic rings. The predicted molar refractivity (Wildman–Crippen MR) is 94.7 cm³/mol. The van der Waals surface area contributed by atoms with E-state index in [2.05, 4.69) is 5.32 Å². The van der Waals surface area contributed by atoms with E-state index in [-0.39, 0.29) is 11.5 Å². The van der Waals surface area contributed by atoms with Gasteiger partial charge in [-0.2, -0.15) is 0 Å². The quantitative estimate of drug-likeness (QED) is 0.667. The van der Waals surface area contributed by atoms with Crippen LogP contribution in [0.2, 0.25) is 0 Å². The first kappa shape index (κ1) is 20.6. The summed E-state index contributed by atoms with van der Waals surface area (Å²) in [5.74, 6) is -0.122. The Morgan fingerprint density at radius 1 is 1.21 bits per heavy atom. The summed E-state index contributed by atoms with van der Waals surface area (Å²) in [7, 11) is 0. The minimum atomic E-state index is -0.488. The smallest absolute Gasteiger partial charge is 0.249 e. The first-order valence-corrected chi connectivity index (χ1v) is 8.50. The van der Waals surface area contributed by atoms with Gasteiger partial charge < -0.3 is 19.5 Å². The molecule has 5 heteroatoms. The van der Waals surface area contributed by atoms with Crippen molar-refractivity contribution >= 4 is 5.91 Å². The van der Waals surface area contributed by atoms with E-state index in [0.29, 0.717) is 33.0 Å². The SMILES string of the molecule is CCOCCOC(C)C(=O)NCc1cccc(COC(C)(C)C)c1. The van der Waals surface area contributed by atoms with Gasteiger partial charge in [0.1, 0.15) is 6.10 Å². The summed E-state index contributed by atoms with van der Waals surface area (Å²) in [5.41, 5.74) is 1.97. The molecule has 0 spiro atoms. The number of nitrogens with one attached hydrogen (secondary N) is 1. The van der Waals surface area contributed by atoms with E-state index in [0.717, 1.165) is 11.1 Å². The van der Waals surface area contributed by atoms with Crippen LogP contribution in [-0.4, -0.2) is 37.4 Å². The molecule has 1 N–H and O–H groups in total. The molecule has 5 nitrogen and oxygen atoms in total. The monoisotopic (exact) mass is 337 g/mol. The third-order valence-corrected chi connectivity index (χ3v) is 3.30. The Labute approximate surface area is 145 Å². The highest BCUT2D eigenvalue weighted by Gasteiger charge is 2.13. The molecule has 0 saturated heterocycles. The summed E-state index contributed by atoms with van der Waals surface area (Å²) >= 11 is 0. The van der Waals surface area contributed by atoms with Gasteiger partial charge >= 0.3 is 0 Å². The highest BCUT2D eigenvalue weighted by atomic mass is 16.5. The van der Waals surface area contributed by atoms with Gasteiger partial charge in [0.05, 0.1) is 25.4 Å². The molecule has 1 atom stereocenters. The summed E-state index contributed by atoms with van der Waals surface area (Å²) < 4.78 is 16.4. The molecule has 1 amide bonds. The van der Waals surface area contributed by atoms with Crippen LogP contribution in [0.3, 0.4) is 0 Å². The zero-order chi connectivity index (χ0) is 18.0. The molecule has 0 aliphatic heterocycles. The van der Waals surface area contributed by atoms with Gasteiger partial charge in [-0.1, -0.05) is 24.3 Å². The van der Waals surface area contributed by atoms with Crippen LogP contribution in [0.4, 0.5) is 0 Å². The number of ether oxygens (including phenoxy) is 3. The average molecular weight is 337 g/mol. The summed E-state index contributed by atoms with van der Waals surface area (Å²) in [5, 5.41) is 2.89. The van der Waals surface area contributed by atoms with Crippen LogP contribution >= 0.6 is 0 Å². The molecule has 24 heavy (non-hydrogen) atoms. The first-order chi connectivity index (χ1) is 11.3. The van der Waals surface area contributed by atoms with Gasteiger partial charge in [-0.3, -0.25) is 4.79 Å². The Morgan fingerprint density at radius 2 is 1.92 bits per heavy atom. The van der Waals surface area contributed by atoms with Crippen LogP contribution in [0, 0.1) is 0 Å². The predicted octanol–water partition coefficient (Wildman–Crippen LogP) is 3.06. The second-order valence-corrected chi connectivity index (χ2v) is 6.65. The second-order valence-electron chi connectivity index (χ2n) is 6.65. The number of benzene rings is 1. The molecule has 1 aromatic carbocycles. The summed E-state index contributed by atoms with van der Waals surface area (Å²) in [6.07, 6.45) is -0.488. The van der Waals surface area contributed by atoms with Crippen LogP contribution in [0.25, 0.3) is 0 Å². The molecule has 136 valence electrons. The Balaban J connectivity index is 2.39. The van der Waals surface area contributed by atoms with E-state index in [1.807, 2.05) is 52.0 Å². The Morgan fingerprint density at radius 3 is 2.58 bits per heavy atom. The average Bonchev–Trinajstić information content (AvgIpc) is 2.54. The number of hydrogen-bond acceptors (Lipinski definition) is 4. The van der Waals surface area contributed by atoms with Gasteiger partial charge in [0.25, 0.3) is 0 Å². The molecule has 0 saturated carbocycles. The number of rotatable bonds is 10. The van der Waals surface area contributed by atoms with Crippen molar-refractivity contribution < 1.29 is 19.0 Å². The lowest BCUT2D eigenvalue weighted by molar-refractivity contribution is -0.132. The van der Waals surface area contributed by atoms with Crippen LogP contribution in [-0.2, 0) is 32.2 Å². The standard InChI is InChI=1S/C19H31NO4/c1-6-22-10-11-23-15(2)18(21)20-13-16-8-7-9-17(12-16)14-24-19(3,4)5/h7-9,12,15H,6,10-11,13-14H2,1-5H3,(H,20,21). The van der Waals surface area contributed by atoms with Crippen LogP contribution in [0.15, 0.2) is 24.3 Å². The van der Waals surface area contributed by atoms with Crippen molar-refractivity contribution in [2.75, 3.05) is 19.8 Å². The van der Waals surface area contributed by atoms with E-state index < -0.39 is 6.10 Å². The summed E-state index contributed by atoms with van der Waals surface area (Å²) in [4.78, 5) is 12.0. The Kier molecular flexibility index (Phi) is 8.97. The van der Waals surface area contributed by atoms with Crippen molar-refractivity contribution in [2.45, 2.75) is 59.5 Å². The van der Waals surface area contributed by atoms with Gasteiger partial charge in [-0.15, -0.1) is 0 Å². The molecule has 0 heterocycles. The van der Waals surface area contributed by atoms with Crippen molar-refractivity contribution in [2.24, 2.45) is 0 Å². The number of hydrogen-bond donors (Lipinski definition) is 1. The largest absolute Gasteiger partial charge is 0.379 e. The molecule has 0 aliphatic carbocycles. The van der Waals surface area contributed by atoms with Gasteiger partial charge in [0.2, 0.25) is 5.91 Å². The van der Waals surface area contributed by atoms with Crippen molar-refractivity contribution in [1.29, 1.82) is 0 Å². The molecule has 1 unspecified atom stereocenters. The third kappa shape index (κ3) is 9.01. The van der Waals surface area contributed by atoms with Gasteiger partial charge in [-0.05, 0) is 45.7 Å². The first-order valence-electron chi connectivity index (χ1n) is 8.50. The maximum atomic E-state index is 12.0. The molecule has 0 aliphatic rings. The normalized spacial score (nSPS) is 12.9. The topological polar surface area (TPSA) is 56.8 Å². The Bertz CT molecular complexity index is 496. The van der Waals surface area contributed by atoms with Crippen molar-refractivity contribution in [3.05, 3.63) is 35.4 Å². The second kappa shape index (κ2) is 10.4. The van der Waals surface area contributed by atoms with Crippen LogP contribution in [0.5, 0.6) is 0 Å². The molecule has 0 aromatic heterocycles. The molecular formula is C19H31NO4. The lowest BCUT2D eigenvalue weighted by Crippen LogP contribution is -2.34. The molecule has 0 bridgehead atoms. The molecule has 0 radical (unpaired) electrons. The maximum Gasteiger partial charge on any atom is 0.249 e. The van der Waals surface area contributed by atoms with E-state index in [1.54, 1.807) is 6.92 Å². The van der Waals surface area contributed by atoms with E-state index in [4.69, 9.17) is 14.2 Å². The Hall–Kier alpha value is -1.43. The lowest BCUT2D eigenvalue weighted by Gasteiger charge is -2.19. The summed E-state index contributed by atoms with van der Waals surface area (Å²) in [6.45, 7) is 12.4. The summed E-state index contributed by atoms with van der Waals surface area (Å²) in [6, 6.07) is 8.04. The zero-order valence-corrected chi connectivity index (χ0v) is 15.6. The van der Waals surface area contributed by atoms with E-state index in [1.165, 1.54) is 0 Å². The fourth-order valence-electron chi connectivity index (χ4n) is 1.97. The fourth-order valence-corrected chi connectivity index (χ4v) is 1.97. The molecular weight excluding hydrogens is 306 g/mol. The number of carbonyl (C=O) groups is 1. The van der Waals surface area contributed by atoms with Gasteiger partial charge in [0, 0.05) is 13.2 Å². The fraction of sp³-hybridized carbons (Fsp3) is 0.632. The lowest BCUT2D eigenvalue weighted by atomic mass is 10.1. The van der Waals surface area contributed by atoms with Crippen LogP contribution < -0.4 is 5.32 Å². The highest BCUT2D eigenvalue weighted by Crippen LogP contribution is 2.13. The van der Waals surface area contributed by atoms with Crippen molar-refractivity contribution in [3.8, 4) is 0 Å². The van der Waals surface area contributed by atoms with E-state index >= 15 is 0 Å². The minimum absolute atomic E-state index is 0.122. The highest BCUT2D eigenvalue weighted by molar-refractivity contribution is 5.80. The van der Waals surface area contributed by atoms with Crippen molar-refractivity contribution in [1.82, 2.24) is 5.32 Å². The van der Waals surface area contributed by atoms with E-state index in [9.17, 15) is 4.79 Å². The maximum absolute atomic E-state index is 12.0. The molecule has 0 fully saturated rings. The number of amides is 1. The zero-order valence-electron chi connectivity index (χ0n) is 15.6. The van der Waals surface area contributed by atoms with Crippen LogP contribution in [0.1, 0.15) is 45.7 Å². The van der Waals surface area contributed by atoms with Crippen molar-refractivity contribution in [3.63, 3.8) is 0 Å². The van der Waals surface area contributed by atoms with Gasteiger partial charge in [-0.25, -0.2) is 0 Å². The number of carbonyl (C=O) groups excluding carboxylic acids is 1. The van der Waals surface area contributed by atoms with Gasteiger partial charge in [0.15, 0.2) is 0 Å².